The van der Waals surface area contributed by atoms with Crippen LogP contribution in [0.25, 0.3) is 0 Å². The second-order valence-electron chi connectivity index (χ2n) is 10.4. The molecule has 10 heteroatoms. The molecule has 1 aliphatic heterocycles. The van der Waals surface area contributed by atoms with E-state index in [9.17, 15) is 24.6 Å². The highest BCUT2D eigenvalue weighted by Gasteiger charge is 2.51. The van der Waals surface area contributed by atoms with E-state index in [0.717, 1.165) is 5.56 Å². The van der Waals surface area contributed by atoms with Crippen LogP contribution in [0, 0.1) is 0 Å². The van der Waals surface area contributed by atoms with Crippen molar-refractivity contribution in [2.45, 2.75) is 57.0 Å². The summed E-state index contributed by atoms with van der Waals surface area (Å²) in [6, 6.07) is 11.6. The molecule has 0 fully saturated rings. The number of nitrogens with zero attached hydrogens (tertiary/aromatic N) is 1. The molecule has 1 aliphatic carbocycles. The molecule has 0 spiro atoms. The van der Waals surface area contributed by atoms with Crippen molar-refractivity contribution in [3.05, 3.63) is 70.8 Å². The molecule has 4 atom stereocenters. The van der Waals surface area contributed by atoms with Crippen LogP contribution in [0.4, 0.5) is 0 Å². The second-order valence-corrected chi connectivity index (χ2v) is 10.4. The van der Waals surface area contributed by atoms with Crippen molar-refractivity contribution >= 4 is 18.1 Å². The van der Waals surface area contributed by atoms with Gasteiger partial charge in [-0.05, 0) is 44.0 Å². The van der Waals surface area contributed by atoms with Crippen LogP contribution in [0.15, 0.2) is 54.1 Å². The van der Waals surface area contributed by atoms with Crippen molar-refractivity contribution in [1.29, 1.82) is 0 Å². The SMILES string of the molecule is COc1cc(C=O)cc2c1O[C@@H]1[C@@H](O)[C@H](N(CCCOC(C)C)C(=O)Cc3ccccc3)C=C(C(=O)NCCO)[C@H]21. The first-order chi connectivity index (χ1) is 19.8. The first-order valence-electron chi connectivity index (χ1n) is 13.9. The molecular formula is C31H38N2O8. The summed E-state index contributed by atoms with van der Waals surface area (Å²) in [5, 5.41) is 23.8. The molecule has 0 unspecified atom stereocenters. The van der Waals surface area contributed by atoms with Crippen LogP contribution in [0.1, 0.15) is 47.7 Å². The van der Waals surface area contributed by atoms with E-state index in [2.05, 4.69) is 5.32 Å². The number of ether oxygens (including phenoxy) is 3. The van der Waals surface area contributed by atoms with E-state index in [1.54, 1.807) is 17.0 Å². The van der Waals surface area contributed by atoms with Crippen LogP contribution in [0.3, 0.4) is 0 Å². The largest absolute Gasteiger partial charge is 0.493 e. The predicted molar refractivity (Wildman–Crippen MR) is 151 cm³/mol. The molecule has 41 heavy (non-hydrogen) atoms. The summed E-state index contributed by atoms with van der Waals surface area (Å²) in [5.74, 6) is -0.761. The molecular weight excluding hydrogens is 528 g/mol. The van der Waals surface area contributed by atoms with Gasteiger partial charge in [-0.1, -0.05) is 30.3 Å². The smallest absolute Gasteiger partial charge is 0.247 e. The minimum absolute atomic E-state index is 0.0232. The fourth-order valence-electron chi connectivity index (χ4n) is 5.42. The molecule has 2 aliphatic rings. The molecule has 3 N–H and O–H groups in total. The highest BCUT2D eigenvalue weighted by Crippen LogP contribution is 2.51. The molecule has 1 heterocycles. The van der Waals surface area contributed by atoms with E-state index in [1.165, 1.54) is 13.2 Å². The molecule has 220 valence electrons. The van der Waals surface area contributed by atoms with E-state index >= 15 is 0 Å². The maximum Gasteiger partial charge on any atom is 0.247 e. The van der Waals surface area contributed by atoms with Gasteiger partial charge >= 0.3 is 0 Å². The zero-order valence-electron chi connectivity index (χ0n) is 23.6. The normalized spacial score (nSPS) is 20.9. The Labute approximate surface area is 239 Å². The maximum atomic E-state index is 13.7. The van der Waals surface area contributed by atoms with E-state index in [1.807, 2.05) is 44.2 Å². The van der Waals surface area contributed by atoms with E-state index < -0.39 is 30.1 Å². The summed E-state index contributed by atoms with van der Waals surface area (Å²) in [6.45, 7) is 4.34. The molecule has 2 amide bonds. The van der Waals surface area contributed by atoms with Gasteiger partial charge in [0.25, 0.3) is 0 Å². The summed E-state index contributed by atoms with van der Waals surface area (Å²) in [6.07, 6.45) is 0.832. The molecule has 2 aromatic carbocycles. The van der Waals surface area contributed by atoms with Crippen LogP contribution < -0.4 is 14.8 Å². The lowest BCUT2D eigenvalue weighted by Crippen LogP contribution is -2.56. The number of carbonyl (C=O) groups excluding carboxylic acids is 3. The third-order valence-electron chi connectivity index (χ3n) is 7.28. The number of aliphatic hydroxyl groups excluding tert-OH is 2. The Morgan fingerprint density at radius 2 is 1.95 bits per heavy atom. The molecule has 0 radical (unpaired) electrons. The summed E-state index contributed by atoms with van der Waals surface area (Å²) in [5.41, 5.74) is 1.97. The van der Waals surface area contributed by atoms with E-state index in [-0.39, 0.29) is 43.7 Å². The van der Waals surface area contributed by atoms with Gasteiger partial charge in [-0.3, -0.25) is 14.4 Å². The zero-order chi connectivity index (χ0) is 29.5. The van der Waals surface area contributed by atoms with Crippen molar-refractivity contribution < 1.29 is 38.8 Å². The molecule has 0 bridgehead atoms. The number of methoxy groups -OCH3 is 1. The zero-order valence-corrected chi connectivity index (χ0v) is 23.6. The van der Waals surface area contributed by atoms with Crippen molar-refractivity contribution in [3.63, 3.8) is 0 Å². The Morgan fingerprint density at radius 1 is 1.20 bits per heavy atom. The monoisotopic (exact) mass is 566 g/mol. The fourth-order valence-corrected chi connectivity index (χ4v) is 5.42. The van der Waals surface area contributed by atoms with Gasteiger partial charge < -0.3 is 34.6 Å². The summed E-state index contributed by atoms with van der Waals surface area (Å²) >= 11 is 0. The summed E-state index contributed by atoms with van der Waals surface area (Å²) in [7, 11) is 1.45. The van der Waals surface area contributed by atoms with Crippen LogP contribution in [-0.4, -0.2) is 91.0 Å². The fraction of sp³-hybridized carbons (Fsp3) is 0.452. The summed E-state index contributed by atoms with van der Waals surface area (Å²) in [4.78, 5) is 40.4. The predicted octanol–water partition coefficient (Wildman–Crippen LogP) is 2.02. The average Bonchev–Trinajstić information content (AvgIpc) is 3.36. The lowest BCUT2D eigenvalue weighted by molar-refractivity contribution is -0.136. The Kier molecular flexibility index (Phi) is 10.1. The Bertz CT molecular complexity index is 1260. The Hall–Kier alpha value is -3.73. The van der Waals surface area contributed by atoms with Gasteiger partial charge in [-0.25, -0.2) is 0 Å². The Morgan fingerprint density at radius 3 is 2.61 bits per heavy atom. The number of carbonyl (C=O) groups is 3. The number of hydrogen-bond acceptors (Lipinski definition) is 8. The number of benzene rings is 2. The number of amides is 2. The molecule has 0 saturated heterocycles. The highest BCUT2D eigenvalue weighted by molar-refractivity contribution is 5.96. The number of fused-ring (bicyclic) bond motifs is 3. The van der Waals surface area contributed by atoms with Gasteiger partial charge in [0, 0.05) is 36.4 Å². The minimum atomic E-state index is -1.20. The Balaban J connectivity index is 1.74. The third kappa shape index (κ3) is 6.78. The average molecular weight is 567 g/mol. The molecule has 2 aromatic rings. The quantitative estimate of drug-likeness (QED) is 0.248. The van der Waals surface area contributed by atoms with Gasteiger partial charge in [-0.2, -0.15) is 0 Å². The van der Waals surface area contributed by atoms with Crippen molar-refractivity contribution in [2.24, 2.45) is 0 Å². The second kappa shape index (κ2) is 13.8. The molecule has 0 aromatic heterocycles. The van der Waals surface area contributed by atoms with Crippen LogP contribution in [0.2, 0.25) is 0 Å². The van der Waals surface area contributed by atoms with Gasteiger partial charge in [0.2, 0.25) is 11.8 Å². The number of aldehydes is 1. The molecule has 0 saturated carbocycles. The first-order valence-corrected chi connectivity index (χ1v) is 13.9. The summed E-state index contributed by atoms with van der Waals surface area (Å²) < 4.78 is 17.4. The van der Waals surface area contributed by atoms with Crippen LogP contribution in [-0.2, 0) is 20.7 Å². The van der Waals surface area contributed by atoms with Gasteiger partial charge in [0.15, 0.2) is 11.5 Å². The standard InChI is InChI=1S/C31H38N2O8/c1-19(2)40-13-7-11-33(26(36)16-20-8-5-4-6-9-20)24-17-23(31(38)32-10-12-34)27-22-14-21(18-35)15-25(39-3)29(22)41-30(27)28(24)37/h4-6,8-9,14-15,17-19,24,27-28,30,34,37H,7,10-13,16H2,1-3H3,(H,32,38)/t24-,27+,28+,30+/m1/s1. The van der Waals surface area contributed by atoms with E-state index in [0.29, 0.717) is 41.9 Å². The van der Waals surface area contributed by atoms with Gasteiger partial charge in [0.05, 0.1) is 38.2 Å². The van der Waals surface area contributed by atoms with Crippen LogP contribution in [0.5, 0.6) is 11.5 Å². The lowest BCUT2D eigenvalue weighted by Gasteiger charge is -2.41. The van der Waals surface area contributed by atoms with Gasteiger partial charge in [0.1, 0.15) is 18.5 Å². The maximum absolute atomic E-state index is 13.7. The van der Waals surface area contributed by atoms with Gasteiger partial charge in [-0.15, -0.1) is 0 Å². The number of hydrogen-bond donors (Lipinski definition) is 3. The minimum Gasteiger partial charge on any atom is -0.493 e. The molecule has 10 nitrogen and oxygen atoms in total. The topological polar surface area (TPSA) is 135 Å². The van der Waals surface area contributed by atoms with Crippen molar-refractivity contribution in [2.75, 3.05) is 33.4 Å². The van der Waals surface area contributed by atoms with E-state index in [4.69, 9.17) is 14.2 Å². The van der Waals surface area contributed by atoms with Crippen molar-refractivity contribution in [3.8, 4) is 11.5 Å². The number of rotatable bonds is 13. The number of nitrogens with one attached hydrogen (secondary N) is 1. The lowest BCUT2D eigenvalue weighted by atomic mass is 9.77. The number of aliphatic hydroxyl groups is 2. The van der Waals surface area contributed by atoms with Crippen LogP contribution >= 0.6 is 0 Å². The molecule has 4 rings (SSSR count). The van der Waals surface area contributed by atoms with Crippen molar-refractivity contribution in [1.82, 2.24) is 10.2 Å². The first kappa shape index (κ1) is 30.2. The highest BCUT2D eigenvalue weighted by atomic mass is 16.5. The third-order valence-corrected chi connectivity index (χ3v) is 7.28.